The molecule has 0 aliphatic carbocycles. The lowest BCUT2D eigenvalue weighted by Crippen LogP contribution is -2.45. The molecule has 1 rings (SSSR count). The summed E-state index contributed by atoms with van der Waals surface area (Å²) in [6.45, 7) is 15.4. The van der Waals surface area contributed by atoms with Crippen LogP contribution in [0.4, 0.5) is 0 Å². The molecule has 7 heteroatoms. The monoisotopic (exact) mass is 453 g/mol. The van der Waals surface area contributed by atoms with Crippen LogP contribution >= 0.6 is 24.0 Å². The van der Waals surface area contributed by atoms with Crippen molar-refractivity contribution < 1.29 is 4.79 Å². The summed E-state index contributed by atoms with van der Waals surface area (Å²) in [6.07, 6.45) is 2.59. The second-order valence-corrected chi connectivity index (χ2v) is 7.44. The van der Waals surface area contributed by atoms with E-state index in [9.17, 15) is 4.79 Å². The number of nitrogens with zero attached hydrogens (tertiary/aromatic N) is 2. The van der Waals surface area contributed by atoms with Crippen LogP contribution in [0.2, 0.25) is 0 Å². The van der Waals surface area contributed by atoms with Crippen LogP contribution in [0.3, 0.4) is 0 Å². The number of carbonyl (C=O) groups excluding carboxylic acids is 1. The topological polar surface area (TPSA) is 68.8 Å². The Morgan fingerprint density at radius 1 is 1.21 bits per heavy atom. The Bertz CT molecular complexity index is 387. The highest BCUT2D eigenvalue weighted by Gasteiger charge is 2.15. The number of hydrogen-bond acceptors (Lipinski definition) is 3. The number of guanidine groups is 1. The van der Waals surface area contributed by atoms with Gasteiger partial charge in [-0.2, -0.15) is 0 Å². The molecule has 0 aromatic carbocycles. The Morgan fingerprint density at radius 2 is 1.83 bits per heavy atom. The van der Waals surface area contributed by atoms with E-state index >= 15 is 0 Å². The first-order chi connectivity index (χ1) is 10.8. The number of carbonyl (C=O) groups is 1. The molecule has 0 atom stereocenters. The SMILES string of the molecule is CCNC(=NCC(=O)NC(C)(C)C)NCCN1CCC(C)CC1.I. The number of halogens is 1. The van der Waals surface area contributed by atoms with Crippen LogP contribution in [0.5, 0.6) is 0 Å². The fourth-order valence-electron chi connectivity index (χ4n) is 2.57. The second kappa shape index (κ2) is 11.9. The Balaban J connectivity index is 0.00000529. The molecule has 0 bridgehead atoms. The van der Waals surface area contributed by atoms with Crippen molar-refractivity contribution in [3.63, 3.8) is 0 Å². The fraction of sp³-hybridized carbons (Fsp3) is 0.882. The third-order valence-corrected chi connectivity index (χ3v) is 3.84. The predicted octanol–water partition coefficient (Wildman–Crippen LogP) is 1.81. The highest BCUT2D eigenvalue weighted by atomic mass is 127. The first-order valence-electron chi connectivity index (χ1n) is 8.85. The largest absolute Gasteiger partial charge is 0.357 e. The third-order valence-electron chi connectivity index (χ3n) is 3.84. The summed E-state index contributed by atoms with van der Waals surface area (Å²) in [4.78, 5) is 18.7. The van der Waals surface area contributed by atoms with Gasteiger partial charge < -0.3 is 20.9 Å². The van der Waals surface area contributed by atoms with E-state index in [2.05, 4.69) is 32.8 Å². The highest BCUT2D eigenvalue weighted by Crippen LogP contribution is 2.14. The van der Waals surface area contributed by atoms with Crippen LogP contribution in [0.15, 0.2) is 4.99 Å². The lowest BCUT2D eigenvalue weighted by atomic mass is 9.99. The summed E-state index contributed by atoms with van der Waals surface area (Å²) < 4.78 is 0. The number of piperidine rings is 1. The standard InChI is InChI=1S/C17H35N5O.HI/c1-6-18-16(20-13-15(23)21-17(3,4)5)19-9-12-22-10-7-14(2)8-11-22;/h14H,6-13H2,1-5H3,(H,21,23)(H2,18,19,20);1H. The molecule has 1 saturated heterocycles. The summed E-state index contributed by atoms with van der Waals surface area (Å²) in [6, 6.07) is 0. The number of nitrogens with one attached hydrogen (secondary N) is 3. The zero-order valence-electron chi connectivity index (χ0n) is 15.9. The Morgan fingerprint density at radius 3 is 2.38 bits per heavy atom. The molecule has 142 valence electrons. The molecular formula is C17H36IN5O. The van der Waals surface area contributed by atoms with E-state index in [-0.39, 0.29) is 42.0 Å². The average Bonchev–Trinajstić information content (AvgIpc) is 2.45. The number of amides is 1. The lowest BCUT2D eigenvalue weighted by molar-refractivity contribution is -0.121. The van der Waals surface area contributed by atoms with Crippen molar-refractivity contribution in [2.45, 2.75) is 53.0 Å². The van der Waals surface area contributed by atoms with Gasteiger partial charge in [-0.1, -0.05) is 6.92 Å². The minimum Gasteiger partial charge on any atom is -0.357 e. The molecule has 0 aromatic heterocycles. The third kappa shape index (κ3) is 11.1. The van der Waals surface area contributed by atoms with Gasteiger partial charge in [-0.25, -0.2) is 4.99 Å². The Labute approximate surface area is 164 Å². The molecule has 3 N–H and O–H groups in total. The van der Waals surface area contributed by atoms with Crippen molar-refractivity contribution in [1.29, 1.82) is 0 Å². The average molecular weight is 453 g/mol. The van der Waals surface area contributed by atoms with E-state index in [0.29, 0.717) is 5.96 Å². The smallest absolute Gasteiger partial charge is 0.242 e. The summed E-state index contributed by atoms with van der Waals surface area (Å²) in [5, 5.41) is 9.42. The van der Waals surface area contributed by atoms with E-state index in [1.807, 2.05) is 27.7 Å². The van der Waals surface area contributed by atoms with Crippen LogP contribution in [-0.2, 0) is 4.79 Å². The molecule has 1 fully saturated rings. The predicted molar refractivity (Wildman–Crippen MR) is 112 cm³/mol. The van der Waals surface area contributed by atoms with E-state index in [4.69, 9.17) is 0 Å². The summed E-state index contributed by atoms with van der Waals surface area (Å²) >= 11 is 0. The quantitative estimate of drug-likeness (QED) is 0.326. The number of likely N-dealkylation sites (tertiary alicyclic amines) is 1. The van der Waals surface area contributed by atoms with Gasteiger partial charge in [-0.3, -0.25) is 4.79 Å². The van der Waals surface area contributed by atoms with Gasteiger partial charge in [0.2, 0.25) is 5.91 Å². The number of rotatable bonds is 6. The fourth-order valence-corrected chi connectivity index (χ4v) is 2.57. The van der Waals surface area contributed by atoms with Crippen LogP contribution in [0.1, 0.15) is 47.5 Å². The zero-order valence-corrected chi connectivity index (χ0v) is 18.3. The molecular weight excluding hydrogens is 417 g/mol. The Hall–Kier alpha value is -0.570. The first kappa shape index (κ1) is 23.4. The zero-order chi connectivity index (χ0) is 17.3. The molecule has 0 spiro atoms. The maximum Gasteiger partial charge on any atom is 0.242 e. The van der Waals surface area contributed by atoms with Crippen molar-refractivity contribution in [1.82, 2.24) is 20.9 Å². The van der Waals surface area contributed by atoms with Crippen molar-refractivity contribution in [2.24, 2.45) is 10.9 Å². The molecule has 1 aliphatic heterocycles. The van der Waals surface area contributed by atoms with E-state index in [1.165, 1.54) is 25.9 Å². The van der Waals surface area contributed by atoms with Crippen LogP contribution in [0, 0.1) is 5.92 Å². The van der Waals surface area contributed by atoms with Crippen molar-refractivity contribution in [3.8, 4) is 0 Å². The second-order valence-electron chi connectivity index (χ2n) is 7.44. The summed E-state index contributed by atoms with van der Waals surface area (Å²) in [5.74, 6) is 1.51. The Kier molecular flexibility index (Phi) is 11.6. The van der Waals surface area contributed by atoms with Gasteiger partial charge in [0.1, 0.15) is 6.54 Å². The number of aliphatic imine (C=N–C) groups is 1. The molecule has 0 radical (unpaired) electrons. The normalized spacial score (nSPS) is 17.1. The van der Waals surface area contributed by atoms with Crippen LogP contribution in [-0.4, -0.2) is 61.6 Å². The van der Waals surface area contributed by atoms with Gasteiger partial charge in [0.15, 0.2) is 5.96 Å². The van der Waals surface area contributed by atoms with Crippen LogP contribution in [0.25, 0.3) is 0 Å². The molecule has 0 saturated carbocycles. The van der Waals surface area contributed by atoms with Crippen LogP contribution < -0.4 is 16.0 Å². The molecule has 1 aliphatic rings. The van der Waals surface area contributed by atoms with Gasteiger partial charge in [-0.05, 0) is 59.5 Å². The van der Waals surface area contributed by atoms with Crippen molar-refractivity contribution in [2.75, 3.05) is 39.3 Å². The first-order valence-corrected chi connectivity index (χ1v) is 8.85. The maximum atomic E-state index is 11.8. The highest BCUT2D eigenvalue weighted by molar-refractivity contribution is 14.0. The molecule has 24 heavy (non-hydrogen) atoms. The molecule has 1 amide bonds. The number of hydrogen-bond donors (Lipinski definition) is 3. The molecule has 1 heterocycles. The molecule has 0 unspecified atom stereocenters. The summed E-state index contributed by atoms with van der Waals surface area (Å²) in [7, 11) is 0. The van der Waals surface area contributed by atoms with Crippen molar-refractivity contribution >= 4 is 35.8 Å². The molecule has 6 nitrogen and oxygen atoms in total. The van der Waals surface area contributed by atoms with Crippen molar-refractivity contribution in [3.05, 3.63) is 0 Å². The minimum absolute atomic E-state index is 0. The van der Waals surface area contributed by atoms with Gasteiger partial charge in [0.25, 0.3) is 0 Å². The van der Waals surface area contributed by atoms with E-state index in [1.54, 1.807) is 0 Å². The minimum atomic E-state index is -0.218. The lowest BCUT2D eigenvalue weighted by Gasteiger charge is -2.30. The van der Waals surface area contributed by atoms with E-state index < -0.39 is 0 Å². The van der Waals surface area contributed by atoms with Gasteiger partial charge in [0, 0.05) is 25.2 Å². The van der Waals surface area contributed by atoms with Gasteiger partial charge >= 0.3 is 0 Å². The molecule has 0 aromatic rings. The van der Waals surface area contributed by atoms with Gasteiger partial charge in [0.05, 0.1) is 0 Å². The van der Waals surface area contributed by atoms with Gasteiger partial charge in [-0.15, -0.1) is 24.0 Å². The summed E-state index contributed by atoms with van der Waals surface area (Å²) in [5.41, 5.74) is -0.218. The maximum absolute atomic E-state index is 11.8. The van der Waals surface area contributed by atoms with E-state index in [0.717, 1.165) is 25.6 Å².